The van der Waals surface area contributed by atoms with E-state index in [1.165, 1.54) is 0 Å². The monoisotopic (exact) mass is 331 g/mol. The Hall–Kier alpha value is -2.12. The Bertz CT molecular complexity index is 719. The number of likely N-dealkylation sites (N-methyl/N-ethyl adjacent to an activating group) is 1. The number of imidazole rings is 1. The van der Waals surface area contributed by atoms with E-state index in [1.54, 1.807) is 6.07 Å². The zero-order valence-corrected chi connectivity index (χ0v) is 14.3. The number of amides is 1. The van der Waals surface area contributed by atoms with E-state index in [-0.39, 0.29) is 0 Å². The molecule has 1 aliphatic rings. The Morgan fingerprint density at radius 2 is 2.17 bits per heavy atom. The molecule has 1 amide bonds. The number of benzene rings is 1. The summed E-state index contributed by atoms with van der Waals surface area (Å²) in [5.74, 6) is 1.93. The molecule has 0 unspecified atom stereocenters. The third kappa shape index (κ3) is 3.52. The fraction of sp³-hybridized carbons (Fsp3) is 0.529. The first-order valence-corrected chi connectivity index (χ1v) is 8.38. The summed E-state index contributed by atoms with van der Waals surface area (Å²) < 4.78 is 7.41. The van der Waals surface area contributed by atoms with Crippen LogP contribution in [-0.2, 0) is 6.54 Å². The molecule has 7 heteroatoms. The molecule has 2 aromatic rings. The number of rotatable bonds is 5. The number of aromatic nitrogens is 2. The van der Waals surface area contributed by atoms with Crippen LogP contribution >= 0.6 is 0 Å². The van der Waals surface area contributed by atoms with Gasteiger partial charge >= 0.3 is 6.09 Å². The molecule has 0 atom stereocenters. The molecule has 1 aromatic carbocycles. The van der Waals surface area contributed by atoms with Crippen molar-refractivity contribution in [1.82, 2.24) is 19.8 Å². The molecular weight excluding hydrogens is 306 g/mol. The first-order valence-electron chi connectivity index (χ1n) is 8.38. The number of ether oxygens (including phenoxy) is 1. The van der Waals surface area contributed by atoms with E-state index in [0.29, 0.717) is 17.2 Å². The second kappa shape index (κ2) is 7.19. The van der Waals surface area contributed by atoms with Gasteiger partial charge in [-0.05, 0) is 52.2 Å². The average Bonchev–Trinajstić information content (AvgIpc) is 2.93. The van der Waals surface area contributed by atoms with Crippen molar-refractivity contribution in [3.05, 3.63) is 24.0 Å². The van der Waals surface area contributed by atoms with Crippen LogP contribution in [0.4, 0.5) is 4.79 Å². The number of hydrogen-bond donors (Lipinski definition) is 2. The number of fused-ring (bicyclic) bond motifs is 1. The summed E-state index contributed by atoms with van der Waals surface area (Å²) >= 11 is 0. The lowest BCUT2D eigenvalue weighted by molar-refractivity contribution is 0.211. The second-order valence-corrected chi connectivity index (χ2v) is 6.49. The Morgan fingerprint density at radius 3 is 2.83 bits per heavy atom. The highest BCUT2D eigenvalue weighted by Crippen LogP contribution is 2.32. The zero-order chi connectivity index (χ0) is 17.1. The maximum Gasteiger partial charge on any atom is 0.410 e. The first-order chi connectivity index (χ1) is 11.6. The predicted octanol–water partition coefficient (Wildman–Crippen LogP) is 1.52. The van der Waals surface area contributed by atoms with Crippen LogP contribution in [0.25, 0.3) is 11.0 Å². The Balaban J connectivity index is 2.05. The van der Waals surface area contributed by atoms with Crippen LogP contribution in [0.3, 0.4) is 0 Å². The van der Waals surface area contributed by atoms with Gasteiger partial charge < -0.3 is 25.3 Å². The van der Waals surface area contributed by atoms with Crippen LogP contribution in [0.2, 0.25) is 0 Å². The van der Waals surface area contributed by atoms with Crippen LogP contribution in [0.5, 0.6) is 5.75 Å². The van der Waals surface area contributed by atoms with Crippen molar-refractivity contribution in [2.24, 2.45) is 5.73 Å². The van der Waals surface area contributed by atoms with E-state index in [1.807, 2.05) is 12.1 Å². The van der Waals surface area contributed by atoms with Gasteiger partial charge in [0, 0.05) is 19.0 Å². The molecule has 0 saturated carbocycles. The lowest BCUT2D eigenvalue weighted by Gasteiger charge is -2.23. The van der Waals surface area contributed by atoms with Crippen molar-refractivity contribution in [1.29, 1.82) is 0 Å². The van der Waals surface area contributed by atoms with Crippen molar-refractivity contribution < 1.29 is 9.53 Å². The number of para-hydroxylation sites is 1. The molecule has 0 bridgehead atoms. The smallest absolute Gasteiger partial charge is 0.408 e. The maximum absolute atomic E-state index is 11.2. The minimum Gasteiger partial charge on any atom is -0.408 e. The molecule has 1 fully saturated rings. The van der Waals surface area contributed by atoms with Crippen LogP contribution in [-0.4, -0.2) is 54.3 Å². The fourth-order valence-electron chi connectivity index (χ4n) is 3.26. The van der Waals surface area contributed by atoms with Crippen molar-refractivity contribution in [3.8, 4) is 5.75 Å². The largest absolute Gasteiger partial charge is 0.410 e. The molecule has 130 valence electrons. The number of primary amides is 1. The highest BCUT2D eigenvalue weighted by molar-refractivity contribution is 5.85. The van der Waals surface area contributed by atoms with E-state index in [0.717, 1.165) is 50.4 Å². The summed E-state index contributed by atoms with van der Waals surface area (Å²) in [6.45, 7) is 3.78. The van der Waals surface area contributed by atoms with Crippen molar-refractivity contribution in [2.75, 3.05) is 33.7 Å². The van der Waals surface area contributed by atoms with E-state index < -0.39 is 6.09 Å². The Morgan fingerprint density at radius 1 is 1.42 bits per heavy atom. The van der Waals surface area contributed by atoms with Gasteiger partial charge in [-0.15, -0.1) is 0 Å². The van der Waals surface area contributed by atoms with E-state index in [4.69, 9.17) is 15.5 Å². The normalized spacial score (nSPS) is 16.0. The minimum absolute atomic E-state index is 0.419. The van der Waals surface area contributed by atoms with Gasteiger partial charge in [-0.1, -0.05) is 6.07 Å². The number of carbonyl (C=O) groups excluding carboxylic acids is 1. The second-order valence-electron chi connectivity index (χ2n) is 6.49. The van der Waals surface area contributed by atoms with Crippen LogP contribution in [0.15, 0.2) is 18.2 Å². The highest BCUT2D eigenvalue weighted by atomic mass is 16.5. The first kappa shape index (κ1) is 16.7. The number of piperidine rings is 1. The fourth-order valence-corrected chi connectivity index (χ4v) is 3.26. The molecule has 1 aromatic heterocycles. The minimum atomic E-state index is -0.811. The summed E-state index contributed by atoms with van der Waals surface area (Å²) in [5.41, 5.74) is 6.89. The van der Waals surface area contributed by atoms with E-state index in [2.05, 4.69) is 28.9 Å². The molecule has 1 aliphatic heterocycles. The standard InChI is InChI=1S/C17H25N5O2/c1-21(2)10-11-22-13-4-3-5-14(24-17(18)23)15(13)20-16(22)12-6-8-19-9-7-12/h3-5,12,19H,6-11H2,1-2H3,(H2,18,23). The number of hydrogen-bond acceptors (Lipinski definition) is 5. The van der Waals surface area contributed by atoms with Gasteiger partial charge in [-0.2, -0.15) is 0 Å². The van der Waals surface area contributed by atoms with Crippen LogP contribution in [0.1, 0.15) is 24.6 Å². The summed E-state index contributed by atoms with van der Waals surface area (Å²) in [6, 6.07) is 5.64. The summed E-state index contributed by atoms with van der Waals surface area (Å²) in [4.78, 5) is 18.2. The third-order valence-electron chi connectivity index (χ3n) is 4.46. The summed E-state index contributed by atoms with van der Waals surface area (Å²) in [5, 5.41) is 3.39. The molecule has 0 aliphatic carbocycles. The lowest BCUT2D eigenvalue weighted by Crippen LogP contribution is -2.29. The Kier molecular flexibility index (Phi) is 5.01. The Labute approximate surface area is 141 Å². The number of nitrogens with zero attached hydrogens (tertiary/aromatic N) is 3. The van der Waals surface area contributed by atoms with Gasteiger partial charge in [0.25, 0.3) is 0 Å². The lowest BCUT2D eigenvalue weighted by atomic mass is 9.97. The van der Waals surface area contributed by atoms with Crippen LogP contribution in [0, 0.1) is 0 Å². The summed E-state index contributed by atoms with van der Waals surface area (Å²) in [7, 11) is 4.12. The average molecular weight is 331 g/mol. The quantitative estimate of drug-likeness (QED) is 0.868. The van der Waals surface area contributed by atoms with Gasteiger partial charge in [0.1, 0.15) is 11.3 Å². The zero-order valence-electron chi connectivity index (χ0n) is 14.3. The van der Waals surface area contributed by atoms with Gasteiger partial charge in [-0.3, -0.25) is 0 Å². The van der Waals surface area contributed by atoms with Gasteiger partial charge in [-0.25, -0.2) is 9.78 Å². The third-order valence-corrected chi connectivity index (χ3v) is 4.46. The predicted molar refractivity (Wildman–Crippen MR) is 93.3 cm³/mol. The number of nitrogens with two attached hydrogens (primary N) is 1. The molecule has 0 radical (unpaired) electrons. The molecule has 3 N–H and O–H groups in total. The molecule has 7 nitrogen and oxygen atoms in total. The molecule has 0 spiro atoms. The van der Waals surface area contributed by atoms with E-state index in [9.17, 15) is 4.79 Å². The molecular formula is C17H25N5O2. The summed E-state index contributed by atoms with van der Waals surface area (Å²) in [6.07, 6.45) is 1.32. The number of carbonyl (C=O) groups is 1. The van der Waals surface area contributed by atoms with Crippen LogP contribution < -0.4 is 15.8 Å². The highest BCUT2D eigenvalue weighted by Gasteiger charge is 2.23. The van der Waals surface area contributed by atoms with Gasteiger partial charge in [0.05, 0.1) is 5.52 Å². The maximum atomic E-state index is 11.2. The van der Waals surface area contributed by atoms with E-state index >= 15 is 0 Å². The molecule has 3 rings (SSSR count). The van der Waals surface area contributed by atoms with Crippen molar-refractivity contribution in [3.63, 3.8) is 0 Å². The van der Waals surface area contributed by atoms with Gasteiger partial charge in [0.2, 0.25) is 0 Å². The molecule has 24 heavy (non-hydrogen) atoms. The molecule has 1 saturated heterocycles. The van der Waals surface area contributed by atoms with Gasteiger partial charge in [0.15, 0.2) is 5.75 Å². The van der Waals surface area contributed by atoms with Crippen molar-refractivity contribution >= 4 is 17.1 Å². The number of nitrogens with one attached hydrogen (secondary N) is 1. The topological polar surface area (TPSA) is 85.4 Å². The SMILES string of the molecule is CN(C)CCn1c(C2CCNCC2)nc2c(OC(N)=O)cccc21. The molecule has 2 heterocycles. The van der Waals surface area contributed by atoms with Crippen molar-refractivity contribution in [2.45, 2.75) is 25.3 Å².